The van der Waals surface area contributed by atoms with Crippen LogP contribution in [0.3, 0.4) is 0 Å². The SMILES string of the molecule is C.C.CCC(C)=CCCC(C)=CC(C)C(CC(=O)O)C(=O)OC.CCC(C)=CCCC(C)=CC(C)C(CC(=O)[O-])C(=O)OC.CCCCCCCCCCCCCCCCCCN.CCCCCCCCCCCCCCCCCC[NH3+]. The molecule has 488 valence electrons. The van der Waals surface area contributed by atoms with Crippen molar-refractivity contribution in [1.29, 1.82) is 0 Å². The van der Waals surface area contributed by atoms with E-state index in [0.717, 1.165) is 57.2 Å². The van der Waals surface area contributed by atoms with Crippen molar-refractivity contribution in [3.63, 3.8) is 0 Å². The molecule has 0 rings (SSSR count). The van der Waals surface area contributed by atoms with Crippen molar-refractivity contribution in [2.45, 2.75) is 341 Å². The van der Waals surface area contributed by atoms with Crippen LogP contribution in [0.5, 0.6) is 0 Å². The molecule has 0 saturated carbocycles. The van der Waals surface area contributed by atoms with Crippen molar-refractivity contribution in [2.75, 3.05) is 27.3 Å². The number of esters is 2. The number of rotatable bonds is 50. The van der Waals surface area contributed by atoms with E-state index in [0.29, 0.717) is 0 Å². The predicted molar refractivity (Wildman–Crippen MR) is 355 cm³/mol. The summed E-state index contributed by atoms with van der Waals surface area (Å²) in [5, 5.41) is 19.7. The summed E-state index contributed by atoms with van der Waals surface area (Å²) in [7, 11) is 2.56. The van der Waals surface area contributed by atoms with Crippen molar-refractivity contribution in [3.8, 4) is 0 Å². The number of methoxy groups -OCH3 is 2. The Balaban J connectivity index is -0.000000233. The number of allylic oxidation sites excluding steroid dienone is 8. The van der Waals surface area contributed by atoms with Crippen molar-refractivity contribution in [2.24, 2.45) is 29.4 Å². The van der Waals surface area contributed by atoms with Crippen molar-refractivity contribution in [3.05, 3.63) is 46.6 Å². The minimum atomic E-state index is -1.23. The third kappa shape index (κ3) is 67.5. The zero-order valence-electron chi connectivity index (χ0n) is 54.9. The largest absolute Gasteiger partial charge is 0.550 e. The van der Waals surface area contributed by atoms with Gasteiger partial charge >= 0.3 is 17.9 Å². The lowest BCUT2D eigenvalue weighted by Crippen LogP contribution is -2.50. The van der Waals surface area contributed by atoms with Gasteiger partial charge in [-0.15, -0.1) is 0 Å². The van der Waals surface area contributed by atoms with Crippen LogP contribution in [-0.4, -0.2) is 56.3 Å². The van der Waals surface area contributed by atoms with Gasteiger partial charge in [-0.3, -0.25) is 14.4 Å². The molecule has 0 saturated heterocycles. The molecule has 4 atom stereocenters. The third-order valence-corrected chi connectivity index (χ3v) is 15.5. The van der Waals surface area contributed by atoms with E-state index in [-0.39, 0.29) is 39.5 Å². The molecule has 0 aliphatic rings. The number of quaternary nitrogens is 1. The summed E-state index contributed by atoms with van der Waals surface area (Å²) >= 11 is 0. The van der Waals surface area contributed by atoms with Gasteiger partial charge in [0.2, 0.25) is 0 Å². The molecule has 6 N–H and O–H groups in total. The molecule has 0 aliphatic heterocycles. The number of aliphatic carboxylic acids is 2. The van der Waals surface area contributed by atoms with Crippen molar-refractivity contribution in [1.82, 2.24) is 0 Å². The number of hydrogen-bond acceptors (Lipinski definition) is 8. The van der Waals surface area contributed by atoms with E-state index in [2.05, 4.69) is 64.2 Å². The van der Waals surface area contributed by atoms with E-state index >= 15 is 0 Å². The summed E-state index contributed by atoms with van der Waals surface area (Å²) in [6, 6.07) is 0. The van der Waals surface area contributed by atoms with E-state index in [1.807, 2.05) is 39.8 Å². The topological polar surface area (TPSA) is 184 Å². The zero-order chi connectivity index (χ0) is 60.9. The Morgan fingerprint density at radius 3 is 0.963 bits per heavy atom. The summed E-state index contributed by atoms with van der Waals surface area (Å²) in [4.78, 5) is 45.0. The van der Waals surface area contributed by atoms with Gasteiger partial charge in [0.25, 0.3) is 0 Å². The molecule has 0 aromatic rings. The maximum absolute atomic E-state index is 11.7. The summed E-state index contributed by atoms with van der Waals surface area (Å²) in [5.41, 5.74) is 14.4. The minimum absolute atomic E-state index is 0. The number of nitrogens with two attached hydrogens (primary N) is 1. The maximum Gasteiger partial charge on any atom is 0.309 e. The molecule has 0 radical (unpaired) electrons. The van der Waals surface area contributed by atoms with E-state index in [1.165, 1.54) is 236 Å². The van der Waals surface area contributed by atoms with Gasteiger partial charge in [0.05, 0.1) is 39.0 Å². The first-order chi connectivity index (χ1) is 38.5. The number of carbonyl (C=O) groups is 4. The van der Waals surface area contributed by atoms with E-state index in [9.17, 15) is 24.3 Å². The molecule has 0 aromatic carbocycles. The molecule has 82 heavy (non-hydrogen) atoms. The second-order valence-electron chi connectivity index (χ2n) is 23.3. The van der Waals surface area contributed by atoms with E-state index < -0.39 is 35.7 Å². The molecule has 0 spiro atoms. The molecule has 10 nitrogen and oxygen atoms in total. The molecule has 4 unspecified atom stereocenters. The monoisotopic (exact) mass is 1160 g/mol. The summed E-state index contributed by atoms with van der Waals surface area (Å²) in [5.74, 6) is -4.84. The fourth-order valence-corrected chi connectivity index (χ4v) is 9.73. The molecule has 0 aliphatic carbocycles. The number of hydrogen-bond donors (Lipinski definition) is 3. The quantitative estimate of drug-likeness (QED) is 0.0303. The number of ether oxygens (including phenoxy) is 2. The minimum Gasteiger partial charge on any atom is -0.550 e. The molecule has 0 fully saturated rings. The van der Waals surface area contributed by atoms with Gasteiger partial charge in [-0.05, 0) is 104 Å². The Labute approximate surface area is 510 Å². The van der Waals surface area contributed by atoms with Crippen molar-refractivity contribution < 1.29 is 44.6 Å². The van der Waals surface area contributed by atoms with Crippen LogP contribution in [0.15, 0.2) is 46.6 Å². The molecule has 0 aromatic heterocycles. The van der Waals surface area contributed by atoms with Crippen LogP contribution in [0.2, 0.25) is 0 Å². The average Bonchev–Trinajstić information content (AvgIpc) is 3.43. The fourth-order valence-electron chi connectivity index (χ4n) is 9.73. The third-order valence-electron chi connectivity index (χ3n) is 15.5. The zero-order valence-corrected chi connectivity index (χ0v) is 54.9. The first-order valence-electron chi connectivity index (χ1n) is 33.2. The van der Waals surface area contributed by atoms with Crippen LogP contribution in [-0.2, 0) is 28.7 Å². The average molecular weight is 1160 g/mol. The highest BCUT2D eigenvalue weighted by Gasteiger charge is 2.27. The van der Waals surface area contributed by atoms with Gasteiger partial charge in [-0.2, -0.15) is 0 Å². The lowest BCUT2D eigenvalue weighted by molar-refractivity contribution is -0.368. The van der Waals surface area contributed by atoms with E-state index in [4.69, 9.17) is 15.6 Å². The normalized spacial score (nSPS) is 13.0. The van der Waals surface area contributed by atoms with Gasteiger partial charge in [-0.1, -0.05) is 289 Å². The Kier molecular flexibility index (Phi) is 77.1. The molecule has 0 amide bonds. The predicted octanol–water partition coefficient (Wildman–Crippen LogP) is 19.6. The standard InChI is InChI=1S/2C18H39N.2C17H28O4.2CH4/c2*1-2-3-4-5-6-7-8-9-10-11-12-13-14-15-16-17-18-19;2*1-6-12(2)8-7-9-13(3)10-14(4)15(11-16(18)19)17(20)21-5;;/h2*2-19H2,1H3;2*8,10,14-15H,6-7,9,11H2,1-5H3,(H,18,19);2*1H4. The van der Waals surface area contributed by atoms with Crippen LogP contribution >= 0.6 is 0 Å². The lowest BCUT2D eigenvalue weighted by Gasteiger charge is -2.20. The molecular weight excluding hydrogens is 1020 g/mol. The van der Waals surface area contributed by atoms with Gasteiger partial charge in [0.15, 0.2) is 0 Å². The van der Waals surface area contributed by atoms with Crippen LogP contribution in [0.4, 0.5) is 0 Å². The maximum atomic E-state index is 11.7. The smallest absolute Gasteiger partial charge is 0.309 e. The number of unbranched alkanes of at least 4 members (excludes halogenated alkanes) is 30. The molecular formula is C72H142N2O8. The van der Waals surface area contributed by atoms with Crippen LogP contribution in [0.25, 0.3) is 0 Å². The fraction of sp³-hybridized carbons (Fsp3) is 0.833. The molecule has 10 heteroatoms. The lowest BCUT2D eigenvalue weighted by atomic mass is 9.89. The van der Waals surface area contributed by atoms with Gasteiger partial charge in [0, 0.05) is 12.4 Å². The Morgan fingerprint density at radius 1 is 0.463 bits per heavy atom. The highest BCUT2D eigenvalue weighted by atomic mass is 16.5. The molecule has 0 heterocycles. The number of carboxylic acids is 2. The van der Waals surface area contributed by atoms with Gasteiger partial charge in [-0.25, -0.2) is 0 Å². The first-order valence-corrected chi connectivity index (χ1v) is 33.2. The summed E-state index contributed by atoms with van der Waals surface area (Å²) in [6.07, 6.45) is 59.8. The Morgan fingerprint density at radius 2 is 0.732 bits per heavy atom. The van der Waals surface area contributed by atoms with Crippen LogP contribution < -0.4 is 16.6 Å². The Hall–Kier alpha value is -3.24. The van der Waals surface area contributed by atoms with Crippen LogP contribution in [0.1, 0.15) is 341 Å². The van der Waals surface area contributed by atoms with E-state index in [1.54, 1.807) is 0 Å². The summed E-state index contributed by atoms with van der Waals surface area (Å²) in [6.45, 7) is 22.8. The Bertz CT molecular complexity index is 1390. The number of carbonyl (C=O) groups excluding carboxylic acids is 3. The van der Waals surface area contributed by atoms with Crippen molar-refractivity contribution >= 4 is 23.9 Å². The van der Waals surface area contributed by atoms with Gasteiger partial charge < -0.3 is 35.9 Å². The first kappa shape index (κ1) is 90.0. The summed E-state index contributed by atoms with van der Waals surface area (Å²) < 4.78 is 9.38. The number of carboxylic acid groups (broad SMARTS) is 2. The van der Waals surface area contributed by atoms with Gasteiger partial charge in [0.1, 0.15) is 0 Å². The molecule has 0 bridgehead atoms. The second kappa shape index (κ2) is 70.2. The second-order valence-corrected chi connectivity index (χ2v) is 23.3. The van der Waals surface area contributed by atoms with Crippen LogP contribution in [0, 0.1) is 23.7 Å². The highest BCUT2D eigenvalue weighted by molar-refractivity contribution is 5.79. The highest BCUT2D eigenvalue weighted by Crippen LogP contribution is 2.24.